The lowest BCUT2D eigenvalue weighted by atomic mass is 10.2. The van der Waals surface area contributed by atoms with Crippen LogP contribution in [0.1, 0.15) is 5.56 Å². The van der Waals surface area contributed by atoms with Crippen LogP contribution in [0.2, 0.25) is 0 Å². The first-order chi connectivity index (χ1) is 9.87. The van der Waals surface area contributed by atoms with Crippen LogP contribution in [0.3, 0.4) is 0 Å². The summed E-state index contributed by atoms with van der Waals surface area (Å²) in [6, 6.07) is 10.5. The van der Waals surface area contributed by atoms with E-state index < -0.39 is 21.7 Å². The van der Waals surface area contributed by atoms with Gasteiger partial charge in [-0.1, -0.05) is 24.3 Å². The molecule has 0 bridgehead atoms. The fourth-order valence-electron chi connectivity index (χ4n) is 1.80. The van der Waals surface area contributed by atoms with Gasteiger partial charge in [-0.3, -0.25) is 4.72 Å². The molecule has 2 rings (SSSR count). The summed E-state index contributed by atoms with van der Waals surface area (Å²) in [7, 11) is -3.42. The highest BCUT2D eigenvalue weighted by Crippen LogP contribution is 2.23. The van der Waals surface area contributed by atoms with Crippen molar-refractivity contribution in [1.29, 1.82) is 0 Å². The van der Waals surface area contributed by atoms with Crippen LogP contribution in [0.15, 0.2) is 42.5 Å². The van der Waals surface area contributed by atoms with Crippen molar-refractivity contribution in [1.82, 2.24) is 0 Å². The van der Waals surface area contributed by atoms with Gasteiger partial charge < -0.3 is 5.32 Å². The summed E-state index contributed by atoms with van der Waals surface area (Å²) in [5.74, 6) is -1.84. The zero-order valence-corrected chi connectivity index (χ0v) is 12.0. The lowest BCUT2D eigenvalue weighted by Gasteiger charge is -2.13. The predicted molar refractivity (Wildman–Crippen MR) is 78.6 cm³/mol. The van der Waals surface area contributed by atoms with Gasteiger partial charge in [0.05, 0.1) is 17.6 Å². The molecule has 0 saturated carbocycles. The smallest absolute Gasteiger partial charge is 0.229 e. The highest BCUT2D eigenvalue weighted by atomic mass is 32.2. The molecule has 2 aromatic carbocycles. The molecule has 0 spiro atoms. The van der Waals surface area contributed by atoms with Crippen molar-refractivity contribution in [3.05, 3.63) is 59.7 Å². The molecule has 2 aromatic rings. The molecule has 0 unspecified atom stereocenters. The summed E-state index contributed by atoms with van der Waals surface area (Å²) in [5, 5.41) is 2.89. The molecule has 0 aliphatic rings. The summed E-state index contributed by atoms with van der Waals surface area (Å²) < 4.78 is 51.6. The van der Waals surface area contributed by atoms with E-state index in [-0.39, 0.29) is 12.1 Å². The number of sulfonamides is 1. The number of hydrogen-bond donors (Lipinski definition) is 2. The van der Waals surface area contributed by atoms with Crippen molar-refractivity contribution in [2.45, 2.75) is 6.54 Å². The van der Waals surface area contributed by atoms with Crippen molar-refractivity contribution in [2.24, 2.45) is 0 Å². The molecule has 21 heavy (non-hydrogen) atoms. The Morgan fingerprint density at radius 2 is 1.67 bits per heavy atom. The zero-order valence-electron chi connectivity index (χ0n) is 11.2. The number of halogens is 2. The number of nitrogens with one attached hydrogen (secondary N) is 2. The normalized spacial score (nSPS) is 11.2. The molecule has 4 nitrogen and oxygen atoms in total. The first-order valence-corrected chi connectivity index (χ1v) is 7.99. The van der Waals surface area contributed by atoms with Gasteiger partial charge in [0, 0.05) is 12.1 Å². The van der Waals surface area contributed by atoms with Gasteiger partial charge in [0.2, 0.25) is 10.0 Å². The van der Waals surface area contributed by atoms with Crippen molar-refractivity contribution >= 4 is 21.4 Å². The standard InChI is InChI=1S/C14H14F2N2O2S/c1-21(19,20)18-13-8-3-2-7-12(13)17-9-10-5-4-6-11(15)14(10)16/h2-8,17-18H,9H2,1H3. The largest absolute Gasteiger partial charge is 0.379 e. The van der Waals surface area contributed by atoms with E-state index in [1.807, 2.05) is 0 Å². The minimum atomic E-state index is -3.42. The average Bonchev–Trinajstić information content (AvgIpc) is 2.40. The van der Waals surface area contributed by atoms with Gasteiger partial charge >= 0.3 is 0 Å². The number of para-hydroxylation sites is 2. The van der Waals surface area contributed by atoms with Crippen molar-refractivity contribution in [2.75, 3.05) is 16.3 Å². The molecule has 2 N–H and O–H groups in total. The van der Waals surface area contributed by atoms with E-state index in [2.05, 4.69) is 10.0 Å². The number of anilines is 2. The summed E-state index contributed by atoms with van der Waals surface area (Å²) >= 11 is 0. The highest BCUT2D eigenvalue weighted by Gasteiger charge is 2.10. The van der Waals surface area contributed by atoms with Gasteiger partial charge in [-0.05, 0) is 18.2 Å². The Labute approximate surface area is 121 Å². The van der Waals surface area contributed by atoms with Crippen LogP contribution in [0.5, 0.6) is 0 Å². The third-order valence-electron chi connectivity index (χ3n) is 2.72. The maximum absolute atomic E-state index is 13.5. The van der Waals surface area contributed by atoms with E-state index >= 15 is 0 Å². The zero-order chi connectivity index (χ0) is 15.5. The molecule has 7 heteroatoms. The first-order valence-electron chi connectivity index (χ1n) is 6.10. The Bertz CT molecular complexity index is 748. The maximum atomic E-state index is 13.5. The molecule has 0 aromatic heterocycles. The van der Waals surface area contributed by atoms with Crippen LogP contribution in [-0.2, 0) is 16.6 Å². The van der Waals surface area contributed by atoms with Gasteiger partial charge in [0.1, 0.15) is 0 Å². The van der Waals surface area contributed by atoms with Crippen LogP contribution in [0.4, 0.5) is 20.2 Å². The average molecular weight is 312 g/mol. The van der Waals surface area contributed by atoms with Gasteiger partial charge in [-0.2, -0.15) is 0 Å². The number of hydrogen-bond acceptors (Lipinski definition) is 3. The molecule has 0 fully saturated rings. The molecule has 0 amide bonds. The van der Waals surface area contributed by atoms with E-state index in [1.54, 1.807) is 24.3 Å². The second-order valence-corrected chi connectivity index (χ2v) is 6.23. The number of benzene rings is 2. The van der Waals surface area contributed by atoms with E-state index in [0.29, 0.717) is 11.4 Å². The van der Waals surface area contributed by atoms with Gasteiger partial charge in [-0.25, -0.2) is 17.2 Å². The minimum absolute atomic E-state index is 0.0338. The molecular weight excluding hydrogens is 298 g/mol. The van der Waals surface area contributed by atoms with Crippen LogP contribution >= 0.6 is 0 Å². The molecule has 0 saturated heterocycles. The van der Waals surface area contributed by atoms with Gasteiger partial charge in [0.15, 0.2) is 11.6 Å². The minimum Gasteiger partial charge on any atom is -0.379 e. The second-order valence-electron chi connectivity index (χ2n) is 4.49. The molecule has 0 heterocycles. The third-order valence-corrected chi connectivity index (χ3v) is 3.31. The summed E-state index contributed by atoms with van der Waals surface area (Å²) in [5.41, 5.74) is 0.979. The SMILES string of the molecule is CS(=O)(=O)Nc1ccccc1NCc1cccc(F)c1F. The molecular formula is C14H14F2N2O2S. The lowest BCUT2D eigenvalue weighted by molar-refractivity contribution is 0.500. The van der Waals surface area contributed by atoms with Gasteiger partial charge in [0.25, 0.3) is 0 Å². The quantitative estimate of drug-likeness (QED) is 0.892. The lowest BCUT2D eigenvalue weighted by Crippen LogP contribution is -2.12. The monoisotopic (exact) mass is 312 g/mol. The Morgan fingerprint density at radius 1 is 1.00 bits per heavy atom. The van der Waals surface area contributed by atoms with Crippen molar-refractivity contribution in [3.8, 4) is 0 Å². The summed E-state index contributed by atoms with van der Waals surface area (Å²) in [6.45, 7) is 0.0338. The Balaban J connectivity index is 2.19. The summed E-state index contributed by atoms with van der Waals surface area (Å²) in [6.07, 6.45) is 1.04. The molecule has 0 aliphatic carbocycles. The molecule has 112 valence electrons. The van der Waals surface area contributed by atoms with Crippen LogP contribution in [0, 0.1) is 11.6 Å². The fraction of sp³-hybridized carbons (Fsp3) is 0.143. The van der Waals surface area contributed by atoms with E-state index in [1.165, 1.54) is 12.1 Å². The number of rotatable bonds is 5. The molecule has 0 aliphatic heterocycles. The van der Waals surface area contributed by atoms with E-state index in [4.69, 9.17) is 0 Å². The highest BCUT2D eigenvalue weighted by molar-refractivity contribution is 7.92. The maximum Gasteiger partial charge on any atom is 0.229 e. The predicted octanol–water partition coefficient (Wildman–Crippen LogP) is 2.95. The topological polar surface area (TPSA) is 58.2 Å². The van der Waals surface area contributed by atoms with E-state index in [0.717, 1.165) is 12.3 Å². The van der Waals surface area contributed by atoms with Crippen molar-refractivity contribution < 1.29 is 17.2 Å². The Hall–Kier alpha value is -2.15. The third kappa shape index (κ3) is 4.16. The summed E-state index contributed by atoms with van der Waals surface area (Å²) in [4.78, 5) is 0. The molecule has 0 atom stereocenters. The van der Waals surface area contributed by atoms with Crippen LogP contribution in [0.25, 0.3) is 0 Å². The first kappa shape index (κ1) is 15.2. The molecule has 0 radical (unpaired) electrons. The Morgan fingerprint density at radius 3 is 2.33 bits per heavy atom. The Kier molecular flexibility index (Phi) is 4.42. The van der Waals surface area contributed by atoms with Crippen LogP contribution in [-0.4, -0.2) is 14.7 Å². The van der Waals surface area contributed by atoms with Gasteiger partial charge in [-0.15, -0.1) is 0 Å². The van der Waals surface area contributed by atoms with Crippen LogP contribution < -0.4 is 10.0 Å². The fourth-order valence-corrected chi connectivity index (χ4v) is 2.38. The van der Waals surface area contributed by atoms with Crippen molar-refractivity contribution in [3.63, 3.8) is 0 Å². The second kappa shape index (κ2) is 6.09. The van der Waals surface area contributed by atoms with E-state index in [9.17, 15) is 17.2 Å².